The molecule has 1 aliphatic rings. The van der Waals surface area contributed by atoms with Gasteiger partial charge in [-0.05, 0) is 43.9 Å². The van der Waals surface area contributed by atoms with Crippen LogP contribution in [0.4, 0.5) is 0 Å². The van der Waals surface area contributed by atoms with Crippen LogP contribution in [0.1, 0.15) is 38.7 Å². The molecule has 1 unspecified atom stereocenters. The Morgan fingerprint density at radius 1 is 1.03 bits per heavy atom. The van der Waals surface area contributed by atoms with E-state index in [9.17, 15) is 14.4 Å². The van der Waals surface area contributed by atoms with Crippen molar-refractivity contribution in [2.24, 2.45) is 0 Å². The van der Waals surface area contributed by atoms with Crippen molar-refractivity contribution in [3.8, 4) is 5.75 Å². The number of hydrogen-bond acceptors (Lipinski definition) is 5. The minimum atomic E-state index is -0.345. The van der Waals surface area contributed by atoms with Gasteiger partial charge in [-0.1, -0.05) is 24.3 Å². The maximum absolute atomic E-state index is 12.4. The Morgan fingerprint density at radius 2 is 1.62 bits per heavy atom. The lowest BCUT2D eigenvalue weighted by Gasteiger charge is -2.25. The Kier molecular flexibility index (Phi) is 6.29. The molecule has 1 N–H and O–H groups in total. The average Bonchev–Trinajstić information content (AvgIpc) is 2.97. The van der Waals surface area contributed by atoms with E-state index in [1.165, 1.54) is 0 Å². The van der Waals surface area contributed by atoms with E-state index >= 15 is 0 Å². The molecule has 1 heterocycles. The number of benzene rings is 2. The molecule has 0 saturated carbocycles. The Morgan fingerprint density at radius 3 is 2.14 bits per heavy atom. The van der Waals surface area contributed by atoms with Crippen molar-refractivity contribution in [1.29, 1.82) is 0 Å². The number of carbonyl (C=O) groups excluding carboxylic acids is 3. The lowest BCUT2D eigenvalue weighted by molar-refractivity contribution is -0.121. The molecule has 0 spiro atoms. The van der Waals surface area contributed by atoms with E-state index < -0.39 is 0 Å². The summed E-state index contributed by atoms with van der Waals surface area (Å²) in [7, 11) is 5.51. The second-order valence-electron chi connectivity index (χ2n) is 7.11. The Labute approximate surface area is 170 Å². The van der Waals surface area contributed by atoms with Gasteiger partial charge >= 0.3 is 0 Å². The van der Waals surface area contributed by atoms with Gasteiger partial charge in [0, 0.05) is 19.5 Å². The summed E-state index contributed by atoms with van der Waals surface area (Å²) >= 11 is 0. The lowest BCUT2D eigenvalue weighted by Crippen LogP contribution is -2.37. The number of likely N-dealkylation sites (N-methyl/N-ethyl adjacent to an activating group) is 1. The number of ether oxygens (including phenoxy) is 1. The van der Waals surface area contributed by atoms with Crippen LogP contribution >= 0.6 is 0 Å². The highest BCUT2D eigenvalue weighted by atomic mass is 16.5. The van der Waals surface area contributed by atoms with Gasteiger partial charge in [-0.3, -0.25) is 19.3 Å². The van der Waals surface area contributed by atoms with Gasteiger partial charge in [0.15, 0.2) is 0 Å². The summed E-state index contributed by atoms with van der Waals surface area (Å²) in [6.07, 6.45) is 0.0637. The maximum atomic E-state index is 12.4. The van der Waals surface area contributed by atoms with Crippen molar-refractivity contribution < 1.29 is 19.1 Å². The first-order chi connectivity index (χ1) is 13.9. The number of fused-ring (bicyclic) bond motifs is 1. The SMILES string of the molecule is COc1ccc(C(CNC(=O)CCN2C(=O)c3ccccc3C2=O)N(C)C)cc1. The van der Waals surface area contributed by atoms with Crippen LogP contribution < -0.4 is 10.1 Å². The predicted molar refractivity (Wildman–Crippen MR) is 109 cm³/mol. The van der Waals surface area contributed by atoms with Gasteiger partial charge in [-0.15, -0.1) is 0 Å². The molecule has 0 aromatic heterocycles. The smallest absolute Gasteiger partial charge is 0.261 e. The molecule has 0 bridgehead atoms. The molecule has 29 heavy (non-hydrogen) atoms. The van der Waals surface area contributed by atoms with Crippen LogP contribution in [0.15, 0.2) is 48.5 Å². The third kappa shape index (κ3) is 4.46. The molecule has 7 heteroatoms. The molecule has 0 fully saturated rings. The van der Waals surface area contributed by atoms with Gasteiger partial charge in [0.2, 0.25) is 5.91 Å². The van der Waals surface area contributed by atoms with Crippen LogP contribution in [-0.4, -0.2) is 61.8 Å². The van der Waals surface area contributed by atoms with Crippen LogP contribution in [0.3, 0.4) is 0 Å². The Balaban J connectivity index is 1.55. The molecule has 0 saturated heterocycles. The lowest BCUT2D eigenvalue weighted by atomic mass is 10.1. The fourth-order valence-electron chi connectivity index (χ4n) is 3.38. The normalized spacial score (nSPS) is 14.1. The molecule has 2 aromatic rings. The zero-order chi connectivity index (χ0) is 21.0. The van der Waals surface area contributed by atoms with E-state index in [1.807, 2.05) is 43.3 Å². The third-order valence-electron chi connectivity index (χ3n) is 5.06. The van der Waals surface area contributed by atoms with Crippen LogP contribution in [0.5, 0.6) is 5.75 Å². The molecule has 1 aliphatic heterocycles. The van der Waals surface area contributed by atoms with Crippen molar-refractivity contribution in [3.63, 3.8) is 0 Å². The zero-order valence-corrected chi connectivity index (χ0v) is 16.8. The number of amides is 3. The molecular weight excluding hydrogens is 370 g/mol. The van der Waals surface area contributed by atoms with Crippen LogP contribution in [0.25, 0.3) is 0 Å². The standard InChI is InChI=1S/C22H25N3O4/c1-24(2)19(15-8-10-16(29-3)11-9-15)14-23-20(26)12-13-25-21(27)17-6-4-5-7-18(17)22(25)28/h4-11,19H,12-14H2,1-3H3,(H,23,26). The molecule has 7 nitrogen and oxygen atoms in total. The monoisotopic (exact) mass is 395 g/mol. The number of nitrogens with zero attached hydrogens (tertiary/aromatic N) is 2. The van der Waals surface area contributed by atoms with Crippen molar-refractivity contribution in [1.82, 2.24) is 15.1 Å². The molecule has 2 aromatic carbocycles. The molecule has 3 amide bonds. The van der Waals surface area contributed by atoms with E-state index in [-0.39, 0.29) is 36.7 Å². The summed E-state index contributed by atoms with van der Waals surface area (Å²) in [4.78, 5) is 40.2. The highest BCUT2D eigenvalue weighted by molar-refractivity contribution is 6.21. The van der Waals surface area contributed by atoms with Crippen LogP contribution in [-0.2, 0) is 4.79 Å². The average molecular weight is 395 g/mol. The van der Waals surface area contributed by atoms with Gasteiger partial charge in [0.25, 0.3) is 11.8 Å². The van der Waals surface area contributed by atoms with Gasteiger partial charge in [-0.2, -0.15) is 0 Å². The van der Waals surface area contributed by atoms with Gasteiger partial charge in [0.05, 0.1) is 24.3 Å². The highest BCUT2D eigenvalue weighted by Crippen LogP contribution is 2.23. The second kappa shape index (κ2) is 8.87. The minimum Gasteiger partial charge on any atom is -0.497 e. The number of hydrogen-bond donors (Lipinski definition) is 1. The third-order valence-corrected chi connectivity index (χ3v) is 5.06. The fraction of sp³-hybridized carbons (Fsp3) is 0.318. The molecular formula is C22H25N3O4. The van der Waals surface area contributed by atoms with Crippen molar-refractivity contribution in [3.05, 3.63) is 65.2 Å². The van der Waals surface area contributed by atoms with Gasteiger partial charge in [-0.25, -0.2) is 0 Å². The quantitative estimate of drug-likeness (QED) is 0.693. The first-order valence-corrected chi connectivity index (χ1v) is 9.44. The first kappa shape index (κ1) is 20.5. The number of nitrogens with one attached hydrogen (secondary N) is 1. The number of carbonyl (C=O) groups is 3. The summed E-state index contributed by atoms with van der Waals surface area (Å²) in [6, 6.07) is 14.4. The highest BCUT2D eigenvalue weighted by Gasteiger charge is 2.34. The fourth-order valence-corrected chi connectivity index (χ4v) is 3.38. The molecule has 1 atom stereocenters. The van der Waals surface area contributed by atoms with E-state index in [1.54, 1.807) is 31.4 Å². The Bertz CT molecular complexity index is 874. The topological polar surface area (TPSA) is 79.0 Å². The van der Waals surface area contributed by atoms with Gasteiger partial charge in [0.1, 0.15) is 5.75 Å². The van der Waals surface area contributed by atoms with Crippen LogP contribution in [0, 0.1) is 0 Å². The molecule has 0 radical (unpaired) electrons. The summed E-state index contributed by atoms with van der Waals surface area (Å²) in [5, 5.41) is 2.90. The van der Waals surface area contributed by atoms with E-state index in [0.717, 1.165) is 16.2 Å². The van der Waals surface area contributed by atoms with E-state index in [4.69, 9.17) is 4.74 Å². The largest absolute Gasteiger partial charge is 0.497 e. The zero-order valence-electron chi connectivity index (χ0n) is 16.8. The first-order valence-electron chi connectivity index (χ1n) is 9.44. The predicted octanol–water partition coefficient (Wildman–Crippen LogP) is 2.10. The number of methoxy groups -OCH3 is 1. The summed E-state index contributed by atoms with van der Waals surface area (Å²) in [6.45, 7) is 0.480. The van der Waals surface area contributed by atoms with E-state index in [2.05, 4.69) is 5.32 Å². The van der Waals surface area contributed by atoms with Gasteiger partial charge < -0.3 is 15.0 Å². The van der Waals surface area contributed by atoms with Crippen molar-refractivity contribution >= 4 is 17.7 Å². The van der Waals surface area contributed by atoms with Crippen molar-refractivity contribution in [2.75, 3.05) is 34.3 Å². The molecule has 152 valence electrons. The minimum absolute atomic E-state index is 0.0100. The molecule has 0 aliphatic carbocycles. The molecule has 3 rings (SSSR count). The number of rotatable bonds is 8. The second-order valence-corrected chi connectivity index (χ2v) is 7.11. The van der Waals surface area contributed by atoms with Crippen molar-refractivity contribution in [2.45, 2.75) is 12.5 Å². The maximum Gasteiger partial charge on any atom is 0.261 e. The summed E-state index contributed by atoms with van der Waals surface area (Å²) < 4.78 is 5.19. The summed E-state index contributed by atoms with van der Waals surface area (Å²) in [5.41, 5.74) is 1.84. The van der Waals surface area contributed by atoms with E-state index in [0.29, 0.717) is 17.7 Å². The Hall–Kier alpha value is -3.19. The number of imide groups is 1. The summed E-state index contributed by atoms with van der Waals surface area (Å²) in [5.74, 6) is -0.122. The van der Waals surface area contributed by atoms with Crippen LogP contribution in [0.2, 0.25) is 0 Å².